The third-order valence-corrected chi connectivity index (χ3v) is 5.27. The Bertz CT molecular complexity index is 585. The second-order valence-corrected chi connectivity index (χ2v) is 7.86. The molecular formula is C12H14ClNO3S2. The average molecular weight is 320 g/mol. The van der Waals surface area contributed by atoms with Crippen LogP contribution in [0, 0.1) is 0 Å². The smallest absolute Gasteiger partial charge is 0.262 e. The number of thiocarbonyl (C=S) groups is 1. The molecule has 0 spiro atoms. The summed E-state index contributed by atoms with van der Waals surface area (Å²) in [6.07, 6.45) is 0.527. The van der Waals surface area contributed by atoms with Crippen molar-refractivity contribution in [1.29, 1.82) is 0 Å². The Labute approximate surface area is 123 Å². The van der Waals surface area contributed by atoms with Crippen LogP contribution in [-0.2, 0) is 9.84 Å². The summed E-state index contributed by atoms with van der Waals surface area (Å²) in [4.78, 5) is 0. The molecule has 1 heterocycles. The summed E-state index contributed by atoms with van der Waals surface area (Å²) in [5.41, 5.74) is -0.553. The summed E-state index contributed by atoms with van der Waals surface area (Å²) in [5, 5.41) is 3.75. The van der Waals surface area contributed by atoms with Crippen molar-refractivity contribution in [3.63, 3.8) is 0 Å². The zero-order chi connectivity index (χ0) is 14.1. The van der Waals surface area contributed by atoms with E-state index in [1.165, 1.54) is 0 Å². The van der Waals surface area contributed by atoms with Crippen molar-refractivity contribution >= 4 is 38.8 Å². The molecule has 4 nitrogen and oxygen atoms in total. The highest BCUT2D eigenvalue weighted by Gasteiger charge is 2.39. The first kappa shape index (κ1) is 14.6. The Morgan fingerprint density at radius 2 is 2.05 bits per heavy atom. The largest absolute Gasteiger partial charge is 0.432 e. The number of rotatable bonds is 2. The minimum Gasteiger partial charge on any atom is -0.432 e. The number of nitrogens with one attached hydrogen (secondary N) is 1. The van der Waals surface area contributed by atoms with Crippen LogP contribution in [-0.4, -0.2) is 30.6 Å². The molecule has 0 bridgehead atoms. The Hall–Kier alpha value is -0.850. The molecular weight excluding hydrogens is 306 g/mol. The number of hydrogen-bond donors (Lipinski definition) is 1. The van der Waals surface area contributed by atoms with E-state index in [2.05, 4.69) is 5.32 Å². The van der Waals surface area contributed by atoms with Crippen molar-refractivity contribution in [2.24, 2.45) is 0 Å². The van der Waals surface area contributed by atoms with Gasteiger partial charge in [0, 0.05) is 5.02 Å². The highest BCUT2D eigenvalue weighted by Crippen LogP contribution is 2.23. The molecule has 1 unspecified atom stereocenters. The molecule has 7 heteroatoms. The van der Waals surface area contributed by atoms with E-state index in [1.54, 1.807) is 24.3 Å². The Balaban J connectivity index is 1.97. The fourth-order valence-corrected chi connectivity index (χ4v) is 4.55. The number of benzene rings is 1. The van der Waals surface area contributed by atoms with Gasteiger partial charge >= 0.3 is 0 Å². The summed E-state index contributed by atoms with van der Waals surface area (Å²) in [5.74, 6) is 0.816. The fourth-order valence-electron chi connectivity index (χ4n) is 1.99. The molecule has 2 rings (SSSR count). The molecule has 0 aromatic heterocycles. The monoisotopic (exact) mass is 319 g/mol. The van der Waals surface area contributed by atoms with Gasteiger partial charge in [-0.3, -0.25) is 0 Å². The Kier molecular flexibility index (Phi) is 4.03. The van der Waals surface area contributed by atoms with E-state index in [-0.39, 0.29) is 16.7 Å². The third-order valence-electron chi connectivity index (χ3n) is 2.93. The predicted octanol–water partition coefficient (Wildman–Crippen LogP) is 2.17. The van der Waals surface area contributed by atoms with Crippen LogP contribution in [0.25, 0.3) is 0 Å². The van der Waals surface area contributed by atoms with Crippen LogP contribution in [0.5, 0.6) is 5.75 Å². The molecule has 1 aromatic rings. The number of halogens is 1. The van der Waals surface area contributed by atoms with E-state index in [9.17, 15) is 8.42 Å². The standard InChI is InChI=1S/C12H14ClNO3S2/c1-12(6-7-19(15,16)8-12)14-11(18)17-10-4-2-9(13)3-5-10/h2-5H,6-8H2,1H3,(H,14,18). The maximum Gasteiger partial charge on any atom is 0.262 e. The lowest BCUT2D eigenvalue weighted by atomic mass is 10.0. The van der Waals surface area contributed by atoms with Crippen LogP contribution in [0.1, 0.15) is 13.3 Å². The highest BCUT2D eigenvalue weighted by molar-refractivity contribution is 7.91. The zero-order valence-electron chi connectivity index (χ0n) is 10.3. The SMILES string of the molecule is CC1(NC(=S)Oc2ccc(Cl)cc2)CCS(=O)(=O)C1. The van der Waals surface area contributed by atoms with Crippen molar-refractivity contribution in [2.75, 3.05) is 11.5 Å². The van der Waals surface area contributed by atoms with Crippen LogP contribution in [0.2, 0.25) is 5.02 Å². The van der Waals surface area contributed by atoms with Gasteiger partial charge in [-0.25, -0.2) is 8.42 Å². The first-order valence-corrected chi connectivity index (χ1v) is 8.35. The van der Waals surface area contributed by atoms with Gasteiger partial charge in [0.05, 0.1) is 17.0 Å². The molecule has 1 saturated heterocycles. The van der Waals surface area contributed by atoms with E-state index in [4.69, 9.17) is 28.6 Å². The maximum absolute atomic E-state index is 11.5. The molecule has 1 fully saturated rings. The fraction of sp³-hybridized carbons (Fsp3) is 0.417. The quantitative estimate of drug-likeness (QED) is 0.847. The molecule has 104 valence electrons. The van der Waals surface area contributed by atoms with Crippen molar-refractivity contribution < 1.29 is 13.2 Å². The highest BCUT2D eigenvalue weighted by atomic mass is 35.5. The van der Waals surface area contributed by atoms with E-state index in [1.807, 2.05) is 6.92 Å². The first-order valence-electron chi connectivity index (χ1n) is 5.74. The summed E-state index contributed by atoms with van der Waals surface area (Å²) in [7, 11) is -2.97. The van der Waals surface area contributed by atoms with Gasteiger partial charge in [-0.05, 0) is 49.8 Å². The van der Waals surface area contributed by atoms with Gasteiger partial charge in [-0.1, -0.05) is 11.6 Å². The van der Waals surface area contributed by atoms with Crippen molar-refractivity contribution in [3.05, 3.63) is 29.3 Å². The lowest BCUT2D eigenvalue weighted by molar-refractivity contribution is 0.425. The second-order valence-electron chi connectivity index (χ2n) is 4.87. The molecule has 19 heavy (non-hydrogen) atoms. The van der Waals surface area contributed by atoms with Crippen LogP contribution in [0.15, 0.2) is 24.3 Å². The normalized spacial score (nSPS) is 24.9. The van der Waals surface area contributed by atoms with Gasteiger partial charge in [-0.15, -0.1) is 0 Å². The minimum atomic E-state index is -2.97. The first-order chi connectivity index (χ1) is 8.78. The maximum atomic E-state index is 11.5. The minimum absolute atomic E-state index is 0.0735. The average Bonchev–Trinajstić information content (AvgIpc) is 2.56. The van der Waals surface area contributed by atoms with E-state index >= 15 is 0 Å². The van der Waals surface area contributed by atoms with Gasteiger partial charge in [-0.2, -0.15) is 0 Å². The topological polar surface area (TPSA) is 55.4 Å². The molecule has 1 atom stereocenters. The zero-order valence-corrected chi connectivity index (χ0v) is 12.7. The summed E-state index contributed by atoms with van der Waals surface area (Å²) in [6.45, 7) is 1.83. The molecule has 1 aliphatic rings. The predicted molar refractivity (Wildman–Crippen MR) is 79.5 cm³/mol. The molecule has 1 N–H and O–H groups in total. The van der Waals surface area contributed by atoms with Crippen LogP contribution >= 0.6 is 23.8 Å². The van der Waals surface area contributed by atoms with Crippen LogP contribution in [0.3, 0.4) is 0 Å². The van der Waals surface area contributed by atoms with E-state index in [0.29, 0.717) is 17.2 Å². The lowest BCUT2D eigenvalue weighted by Gasteiger charge is -2.25. The molecule has 1 aromatic carbocycles. The van der Waals surface area contributed by atoms with Gasteiger partial charge in [0.1, 0.15) is 5.75 Å². The van der Waals surface area contributed by atoms with Crippen molar-refractivity contribution in [3.8, 4) is 5.75 Å². The Morgan fingerprint density at radius 1 is 1.42 bits per heavy atom. The number of hydrogen-bond acceptors (Lipinski definition) is 4. The number of sulfone groups is 1. The molecule has 0 radical (unpaired) electrons. The molecule has 0 amide bonds. The summed E-state index contributed by atoms with van der Waals surface area (Å²) in [6, 6.07) is 6.79. The van der Waals surface area contributed by atoms with E-state index < -0.39 is 15.4 Å². The third kappa shape index (κ3) is 4.06. The Morgan fingerprint density at radius 3 is 2.58 bits per heavy atom. The molecule has 0 aliphatic carbocycles. The van der Waals surface area contributed by atoms with Gasteiger partial charge in [0.2, 0.25) is 0 Å². The van der Waals surface area contributed by atoms with Gasteiger partial charge in [0.15, 0.2) is 9.84 Å². The van der Waals surface area contributed by atoms with E-state index in [0.717, 1.165) is 0 Å². The van der Waals surface area contributed by atoms with Crippen LogP contribution in [0.4, 0.5) is 0 Å². The number of ether oxygens (including phenoxy) is 1. The van der Waals surface area contributed by atoms with Gasteiger partial charge < -0.3 is 10.1 Å². The summed E-state index contributed by atoms with van der Waals surface area (Å²) < 4.78 is 28.4. The molecule has 0 saturated carbocycles. The molecule has 1 aliphatic heterocycles. The van der Waals surface area contributed by atoms with Crippen molar-refractivity contribution in [2.45, 2.75) is 18.9 Å². The summed E-state index contributed by atoms with van der Waals surface area (Å²) >= 11 is 10.9. The van der Waals surface area contributed by atoms with Crippen LogP contribution < -0.4 is 10.1 Å². The lowest BCUT2D eigenvalue weighted by Crippen LogP contribution is -2.47. The second kappa shape index (κ2) is 5.26. The van der Waals surface area contributed by atoms with Crippen molar-refractivity contribution in [1.82, 2.24) is 5.32 Å². The van der Waals surface area contributed by atoms with Gasteiger partial charge in [0.25, 0.3) is 5.17 Å².